The van der Waals surface area contributed by atoms with E-state index in [0.717, 1.165) is 24.2 Å². The molecule has 3 heteroatoms. The first kappa shape index (κ1) is 11.7. The Morgan fingerprint density at radius 2 is 2.07 bits per heavy atom. The molecule has 2 nitrogen and oxygen atoms in total. The zero-order chi connectivity index (χ0) is 10.6. The van der Waals surface area contributed by atoms with E-state index in [1.165, 1.54) is 44.9 Å². The van der Waals surface area contributed by atoms with Crippen molar-refractivity contribution >= 4 is 11.8 Å². The first-order chi connectivity index (χ1) is 7.35. The van der Waals surface area contributed by atoms with Gasteiger partial charge in [-0.2, -0.15) is 11.8 Å². The zero-order valence-corrected chi connectivity index (χ0v) is 10.4. The fourth-order valence-corrected chi connectivity index (χ4v) is 4.06. The summed E-state index contributed by atoms with van der Waals surface area (Å²) < 4.78 is 6.07. The molecule has 2 fully saturated rings. The Hall–Kier alpha value is 0.270. The van der Waals surface area contributed by atoms with Gasteiger partial charge in [-0.25, -0.2) is 0 Å². The summed E-state index contributed by atoms with van der Waals surface area (Å²) in [6.07, 6.45) is 9.25. The highest BCUT2D eigenvalue weighted by atomic mass is 32.2. The Balaban J connectivity index is 1.85. The monoisotopic (exact) mass is 229 g/mol. The molecule has 2 N–H and O–H groups in total. The van der Waals surface area contributed by atoms with Gasteiger partial charge in [-0.3, -0.25) is 0 Å². The standard InChI is InChI=1S/C12H23NOS/c13-7-9-15-11-4-8-14-12(10-11)5-2-1-3-6-12/h11H,1-10,13H2. The van der Waals surface area contributed by atoms with Crippen LogP contribution >= 0.6 is 11.8 Å². The van der Waals surface area contributed by atoms with E-state index in [9.17, 15) is 0 Å². The predicted octanol–water partition coefficient (Wildman–Crippen LogP) is 2.56. The third kappa shape index (κ3) is 3.11. The Morgan fingerprint density at radius 3 is 2.80 bits per heavy atom. The Bertz CT molecular complexity index is 187. The van der Waals surface area contributed by atoms with Crippen molar-refractivity contribution in [2.75, 3.05) is 18.9 Å². The van der Waals surface area contributed by atoms with E-state index < -0.39 is 0 Å². The van der Waals surface area contributed by atoms with Gasteiger partial charge in [-0.05, 0) is 25.7 Å². The molecule has 1 unspecified atom stereocenters. The van der Waals surface area contributed by atoms with Gasteiger partial charge in [0.1, 0.15) is 0 Å². The maximum Gasteiger partial charge on any atom is 0.0693 e. The highest BCUT2D eigenvalue weighted by molar-refractivity contribution is 7.99. The Kier molecular flexibility index (Phi) is 4.35. The van der Waals surface area contributed by atoms with Crippen LogP contribution in [-0.2, 0) is 4.74 Å². The van der Waals surface area contributed by atoms with Crippen molar-refractivity contribution in [3.63, 3.8) is 0 Å². The van der Waals surface area contributed by atoms with Crippen molar-refractivity contribution in [3.05, 3.63) is 0 Å². The lowest BCUT2D eigenvalue weighted by Gasteiger charge is -2.43. The van der Waals surface area contributed by atoms with Gasteiger partial charge in [-0.1, -0.05) is 19.3 Å². The van der Waals surface area contributed by atoms with Crippen LogP contribution in [0.15, 0.2) is 0 Å². The molecule has 1 aliphatic heterocycles. The summed E-state index contributed by atoms with van der Waals surface area (Å²) in [7, 11) is 0. The first-order valence-electron chi connectivity index (χ1n) is 6.30. The van der Waals surface area contributed by atoms with Crippen molar-refractivity contribution < 1.29 is 4.74 Å². The summed E-state index contributed by atoms with van der Waals surface area (Å²) in [4.78, 5) is 0. The normalized spacial score (nSPS) is 30.6. The molecule has 1 atom stereocenters. The molecule has 1 aliphatic carbocycles. The molecule has 1 heterocycles. The molecule has 0 radical (unpaired) electrons. The maximum absolute atomic E-state index is 6.07. The van der Waals surface area contributed by atoms with Crippen LogP contribution in [0.25, 0.3) is 0 Å². The van der Waals surface area contributed by atoms with Gasteiger partial charge in [0.05, 0.1) is 5.60 Å². The Labute approximate surface area is 97.3 Å². The van der Waals surface area contributed by atoms with E-state index in [-0.39, 0.29) is 5.60 Å². The van der Waals surface area contributed by atoms with E-state index in [1.807, 2.05) is 0 Å². The highest BCUT2D eigenvalue weighted by Crippen LogP contribution is 2.41. The summed E-state index contributed by atoms with van der Waals surface area (Å²) in [5.74, 6) is 1.11. The number of hydrogen-bond acceptors (Lipinski definition) is 3. The van der Waals surface area contributed by atoms with Crippen LogP contribution in [0.4, 0.5) is 0 Å². The van der Waals surface area contributed by atoms with Crippen LogP contribution < -0.4 is 5.73 Å². The predicted molar refractivity (Wildman–Crippen MR) is 66.3 cm³/mol. The van der Waals surface area contributed by atoms with E-state index in [1.54, 1.807) is 0 Å². The van der Waals surface area contributed by atoms with Crippen molar-refractivity contribution in [2.24, 2.45) is 5.73 Å². The largest absolute Gasteiger partial charge is 0.375 e. The molecular weight excluding hydrogens is 206 g/mol. The van der Waals surface area contributed by atoms with Crippen LogP contribution in [0.2, 0.25) is 0 Å². The van der Waals surface area contributed by atoms with Crippen molar-refractivity contribution in [1.82, 2.24) is 0 Å². The lowest BCUT2D eigenvalue weighted by molar-refractivity contribution is -0.0970. The minimum atomic E-state index is 0.267. The molecule has 88 valence electrons. The van der Waals surface area contributed by atoms with Crippen LogP contribution in [0.5, 0.6) is 0 Å². The molecule has 2 rings (SSSR count). The van der Waals surface area contributed by atoms with Gasteiger partial charge >= 0.3 is 0 Å². The highest BCUT2D eigenvalue weighted by Gasteiger charge is 2.38. The van der Waals surface area contributed by atoms with Crippen LogP contribution in [-0.4, -0.2) is 29.8 Å². The number of ether oxygens (including phenoxy) is 1. The third-order valence-electron chi connectivity index (χ3n) is 3.68. The number of hydrogen-bond donors (Lipinski definition) is 1. The SMILES string of the molecule is NCCSC1CCOC2(CCCCC2)C1. The summed E-state index contributed by atoms with van der Waals surface area (Å²) in [6, 6.07) is 0. The summed E-state index contributed by atoms with van der Waals surface area (Å²) in [6.45, 7) is 1.79. The zero-order valence-electron chi connectivity index (χ0n) is 9.54. The van der Waals surface area contributed by atoms with Crippen molar-refractivity contribution in [3.8, 4) is 0 Å². The average Bonchev–Trinajstić information content (AvgIpc) is 2.28. The van der Waals surface area contributed by atoms with Crippen LogP contribution in [0.1, 0.15) is 44.9 Å². The van der Waals surface area contributed by atoms with Gasteiger partial charge in [0.15, 0.2) is 0 Å². The van der Waals surface area contributed by atoms with E-state index >= 15 is 0 Å². The van der Waals surface area contributed by atoms with Gasteiger partial charge in [-0.15, -0.1) is 0 Å². The van der Waals surface area contributed by atoms with Gasteiger partial charge < -0.3 is 10.5 Å². The number of rotatable bonds is 3. The van der Waals surface area contributed by atoms with Crippen LogP contribution in [0, 0.1) is 0 Å². The summed E-state index contributed by atoms with van der Waals surface area (Å²) >= 11 is 2.06. The molecule has 1 spiro atoms. The van der Waals surface area contributed by atoms with Gasteiger partial charge in [0.25, 0.3) is 0 Å². The summed E-state index contributed by atoms with van der Waals surface area (Å²) in [5.41, 5.74) is 5.83. The molecular formula is C12H23NOS. The van der Waals surface area contributed by atoms with E-state index in [0.29, 0.717) is 0 Å². The van der Waals surface area contributed by atoms with Gasteiger partial charge in [0, 0.05) is 24.2 Å². The number of nitrogens with two attached hydrogens (primary N) is 1. The fraction of sp³-hybridized carbons (Fsp3) is 1.00. The molecule has 1 saturated carbocycles. The van der Waals surface area contributed by atoms with E-state index in [2.05, 4.69) is 11.8 Å². The molecule has 1 saturated heterocycles. The molecule has 0 bridgehead atoms. The maximum atomic E-state index is 6.07. The smallest absolute Gasteiger partial charge is 0.0693 e. The van der Waals surface area contributed by atoms with Crippen molar-refractivity contribution in [1.29, 1.82) is 0 Å². The van der Waals surface area contributed by atoms with Crippen LogP contribution in [0.3, 0.4) is 0 Å². The molecule has 2 aliphatic rings. The first-order valence-corrected chi connectivity index (χ1v) is 7.35. The summed E-state index contributed by atoms with van der Waals surface area (Å²) in [5, 5.41) is 0.806. The molecule has 0 aromatic carbocycles. The number of thioether (sulfide) groups is 1. The van der Waals surface area contributed by atoms with E-state index in [4.69, 9.17) is 10.5 Å². The Morgan fingerprint density at radius 1 is 1.27 bits per heavy atom. The quantitative estimate of drug-likeness (QED) is 0.808. The molecule has 0 amide bonds. The molecule has 0 aromatic rings. The van der Waals surface area contributed by atoms with Gasteiger partial charge in [0.2, 0.25) is 0 Å². The van der Waals surface area contributed by atoms with Crippen molar-refractivity contribution in [2.45, 2.75) is 55.8 Å². The average molecular weight is 229 g/mol. The third-order valence-corrected chi connectivity index (χ3v) is 5.03. The lowest BCUT2D eigenvalue weighted by atomic mass is 9.80. The molecule has 15 heavy (non-hydrogen) atoms. The second-order valence-corrected chi connectivity index (χ2v) is 6.27. The lowest BCUT2D eigenvalue weighted by Crippen LogP contribution is -2.42. The topological polar surface area (TPSA) is 35.2 Å². The second-order valence-electron chi connectivity index (χ2n) is 4.87. The minimum Gasteiger partial charge on any atom is -0.375 e. The minimum absolute atomic E-state index is 0.267. The second kappa shape index (κ2) is 5.55. The fourth-order valence-electron chi connectivity index (χ4n) is 2.90. The molecule has 0 aromatic heterocycles.